The number of furan rings is 1. The molecule has 0 aliphatic heterocycles. The van der Waals surface area contributed by atoms with Crippen molar-refractivity contribution in [2.24, 2.45) is 0 Å². The van der Waals surface area contributed by atoms with Crippen molar-refractivity contribution in [3.63, 3.8) is 0 Å². The van der Waals surface area contributed by atoms with E-state index in [0.29, 0.717) is 19.6 Å². The van der Waals surface area contributed by atoms with E-state index in [0.717, 1.165) is 26.4 Å². The highest BCUT2D eigenvalue weighted by Crippen LogP contribution is 2.25. The van der Waals surface area contributed by atoms with Crippen molar-refractivity contribution in [1.29, 1.82) is 0 Å². The van der Waals surface area contributed by atoms with Crippen molar-refractivity contribution < 1.29 is 4.42 Å². The molecule has 110 valence electrons. The second-order valence-electron chi connectivity index (χ2n) is 4.96. The first-order valence-electron chi connectivity index (χ1n) is 6.85. The zero-order chi connectivity index (χ0) is 14.8. The number of aryl methyl sites for hydroxylation is 2. The number of hydrogen-bond donors (Lipinski definition) is 1. The Balaban J connectivity index is 1.71. The van der Waals surface area contributed by atoms with E-state index in [2.05, 4.69) is 10.3 Å². The van der Waals surface area contributed by atoms with E-state index < -0.39 is 0 Å². The van der Waals surface area contributed by atoms with Gasteiger partial charge in [-0.2, -0.15) is 0 Å². The lowest BCUT2D eigenvalue weighted by molar-refractivity contribution is 0.474. The summed E-state index contributed by atoms with van der Waals surface area (Å²) in [4.78, 5) is 18.8. The van der Waals surface area contributed by atoms with Crippen LogP contribution >= 0.6 is 11.3 Å². The van der Waals surface area contributed by atoms with Crippen molar-refractivity contribution in [2.75, 3.05) is 6.54 Å². The highest BCUT2D eigenvalue weighted by molar-refractivity contribution is 7.18. The predicted molar refractivity (Wildman–Crippen MR) is 83.8 cm³/mol. The molecule has 0 radical (unpaired) electrons. The molecule has 0 saturated carbocycles. The molecular formula is C15H17N3O2S. The average Bonchev–Trinajstić information content (AvgIpc) is 3.07. The molecule has 1 N–H and O–H groups in total. The number of thiophene rings is 1. The van der Waals surface area contributed by atoms with Crippen molar-refractivity contribution in [3.05, 3.63) is 51.3 Å². The molecule has 3 heterocycles. The van der Waals surface area contributed by atoms with Gasteiger partial charge in [0.25, 0.3) is 5.56 Å². The molecule has 3 rings (SSSR count). The molecule has 3 aromatic heterocycles. The fourth-order valence-corrected chi connectivity index (χ4v) is 3.24. The molecule has 0 bridgehead atoms. The van der Waals surface area contributed by atoms with Crippen molar-refractivity contribution in [3.8, 4) is 0 Å². The van der Waals surface area contributed by atoms with E-state index in [-0.39, 0.29) is 5.56 Å². The average molecular weight is 303 g/mol. The van der Waals surface area contributed by atoms with E-state index in [1.165, 1.54) is 0 Å². The smallest absolute Gasteiger partial charge is 0.262 e. The van der Waals surface area contributed by atoms with E-state index >= 15 is 0 Å². The van der Waals surface area contributed by atoms with Crippen LogP contribution in [0.2, 0.25) is 0 Å². The SMILES string of the molecule is Cc1sc2ncn(CCNCc3ccco3)c(=O)c2c1C. The standard InChI is InChI=1S/C15H17N3O2S/c1-10-11(2)21-14-13(10)15(19)18(9-17-14)6-5-16-8-12-4-3-7-20-12/h3-4,7,9,16H,5-6,8H2,1-2H3. The minimum Gasteiger partial charge on any atom is -0.468 e. The van der Waals surface area contributed by atoms with E-state index in [1.807, 2.05) is 26.0 Å². The molecule has 0 aliphatic rings. The van der Waals surface area contributed by atoms with Gasteiger partial charge in [0, 0.05) is 18.0 Å². The van der Waals surface area contributed by atoms with Crippen molar-refractivity contribution in [1.82, 2.24) is 14.9 Å². The summed E-state index contributed by atoms with van der Waals surface area (Å²) in [6.45, 7) is 5.95. The quantitative estimate of drug-likeness (QED) is 0.736. The van der Waals surface area contributed by atoms with E-state index in [4.69, 9.17) is 4.42 Å². The molecule has 0 atom stereocenters. The molecule has 6 heteroatoms. The van der Waals surface area contributed by atoms with Gasteiger partial charge in [-0.15, -0.1) is 11.3 Å². The lowest BCUT2D eigenvalue weighted by atomic mass is 10.2. The first-order valence-corrected chi connectivity index (χ1v) is 7.66. The Bertz CT molecular complexity index is 802. The Morgan fingerprint density at radius 3 is 3.05 bits per heavy atom. The number of hydrogen-bond acceptors (Lipinski definition) is 5. The zero-order valence-electron chi connectivity index (χ0n) is 12.0. The molecular weight excluding hydrogens is 286 g/mol. The highest BCUT2D eigenvalue weighted by atomic mass is 32.1. The van der Waals surface area contributed by atoms with Gasteiger partial charge in [0.15, 0.2) is 0 Å². The third kappa shape index (κ3) is 2.77. The first kappa shape index (κ1) is 14.0. The second-order valence-corrected chi connectivity index (χ2v) is 6.17. The highest BCUT2D eigenvalue weighted by Gasteiger charge is 2.11. The molecule has 3 aromatic rings. The molecule has 0 amide bonds. The van der Waals surface area contributed by atoms with Crippen LogP contribution in [0.5, 0.6) is 0 Å². The maximum Gasteiger partial charge on any atom is 0.262 e. The predicted octanol–water partition coefficient (Wildman–Crippen LogP) is 2.46. The Labute approximate surface area is 126 Å². The number of nitrogens with zero attached hydrogens (tertiary/aromatic N) is 2. The van der Waals surface area contributed by atoms with Gasteiger partial charge in [0.1, 0.15) is 10.6 Å². The normalized spacial score (nSPS) is 11.3. The first-order chi connectivity index (χ1) is 10.2. The van der Waals surface area contributed by atoms with Gasteiger partial charge < -0.3 is 9.73 Å². The molecule has 0 aliphatic carbocycles. The Morgan fingerprint density at radius 2 is 2.29 bits per heavy atom. The summed E-state index contributed by atoms with van der Waals surface area (Å²) in [5, 5.41) is 4.01. The van der Waals surface area contributed by atoms with Crippen LogP contribution in [0.1, 0.15) is 16.2 Å². The zero-order valence-corrected chi connectivity index (χ0v) is 12.9. The summed E-state index contributed by atoms with van der Waals surface area (Å²) < 4.78 is 6.91. The van der Waals surface area contributed by atoms with Gasteiger partial charge in [-0.25, -0.2) is 4.98 Å². The van der Waals surface area contributed by atoms with Gasteiger partial charge in [0.05, 0.1) is 24.5 Å². The van der Waals surface area contributed by atoms with Crippen LogP contribution in [-0.2, 0) is 13.1 Å². The Hall–Kier alpha value is -1.92. The number of rotatable bonds is 5. The van der Waals surface area contributed by atoms with Crippen LogP contribution in [0, 0.1) is 13.8 Å². The van der Waals surface area contributed by atoms with E-state index in [9.17, 15) is 4.79 Å². The third-order valence-corrected chi connectivity index (χ3v) is 4.68. The fourth-order valence-electron chi connectivity index (χ4n) is 2.25. The molecule has 0 saturated heterocycles. The summed E-state index contributed by atoms with van der Waals surface area (Å²) in [6, 6.07) is 3.78. The summed E-state index contributed by atoms with van der Waals surface area (Å²) in [7, 11) is 0. The van der Waals surface area contributed by atoms with Crippen LogP contribution < -0.4 is 10.9 Å². The molecule has 5 nitrogen and oxygen atoms in total. The number of aromatic nitrogens is 2. The number of fused-ring (bicyclic) bond motifs is 1. The lowest BCUT2D eigenvalue weighted by Crippen LogP contribution is -2.27. The van der Waals surface area contributed by atoms with Gasteiger partial charge in [-0.3, -0.25) is 9.36 Å². The van der Waals surface area contributed by atoms with Gasteiger partial charge in [-0.1, -0.05) is 0 Å². The number of nitrogens with one attached hydrogen (secondary N) is 1. The fraction of sp³-hybridized carbons (Fsp3) is 0.333. The van der Waals surface area contributed by atoms with Crippen LogP contribution in [0.25, 0.3) is 10.2 Å². The maximum absolute atomic E-state index is 12.5. The monoisotopic (exact) mass is 303 g/mol. The van der Waals surface area contributed by atoms with Crippen molar-refractivity contribution in [2.45, 2.75) is 26.9 Å². The maximum atomic E-state index is 12.5. The Morgan fingerprint density at radius 1 is 1.43 bits per heavy atom. The van der Waals surface area contributed by atoms with Gasteiger partial charge in [-0.05, 0) is 31.5 Å². The summed E-state index contributed by atoms with van der Waals surface area (Å²) in [5.74, 6) is 0.889. The summed E-state index contributed by atoms with van der Waals surface area (Å²) >= 11 is 1.58. The van der Waals surface area contributed by atoms with Crippen LogP contribution in [-0.4, -0.2) is 16.1 Å². The van der Waals surface area contributed by atoms with E-state index in [1.54, 1.807) is 28.5 Å². The largest absolute Gasteiger partial charge is 0.468 e. The topological polar surface area (TPSA) is 60.1 Å². The molecule has 21 heavy (non-hydrogen) atoms. The van der Waals surface area contributed by atoms with Crippen LogP contribution in [0.3, 0.4) is 0 Å². The van der Waals surface area contributed by atoms with Crippen molar-refractivity contribution >= 4 is 21.6 Å². The second kappa shape index (κ2) is 5.83. The van der Waals surface area contributed by atoms with Gasteiger partial charge >= 0.3 is 0 Å². The van der Waals surface area contributed by atoms with Gasteiger partial charge in [0.2, 0.25) is 0 Å². The lowest BCUT2D eigenvalue weighted by Gasteiger charge is -2.06. The minimum absolute atomic E-state index is 0.0432. The molecule has 0 aromatic carbocycles. The Kier molecular flexibility index (Phi) is 3.90. The van der Waals surface area contributed by atoms with Crippen LogP contribution in [0.4, 0.5) is 0 Å². The molecule has 0 unspecified atom stereocenters. The van der Waals surface area contributed by atoms with Crippen LogP contribution in [0.15, 0.2) is 33.9 Å². The third-order valence-electron chi connectivity index (χ3n) is 3.56. The minimum atomic E-state index is 0.0432. The molecule has 0 fully saturated rings. The summed E-state index contributed by atoms with van der Waals surface area (Å²) in [6.07, 6.45) is 3.29. The molecule has 0 spiro atoms. The summed E-state index contributed by atoms with van der Waals surface area (Å²) in [5.41, 5.74) is 1.09.